The van der Waals surface area contributed by atoms with Gasteiger partial charge in [-0.1, -0.05) is 0 Å². The van der Waals surface area contributed by atoms with Gasteiger partial charge in [0.15, 0.2) is 5.76 Å². The normalized spacial score (nSPS) is 14.4. The van der Waals surface area contributed by atoms with Gasteiger partial charge in [-0.25, -0.2) is 9.37 Å². The summed E-state index contributed by atoms with van der Waals surface area (Å²) in [5.74, 6) is -0.122. The minimum atomic E-state index is -0.319. The molecule has 0 spiro atoms. The molecule has 2 aromatic heterocycles. The zero-order valence-corrected chi connectivity index (χ0v) is 17.5. The van der Waals surface area contributed by atoms with Crippen LogP contribution in [0.5, 0.6) is 5.75 Å². The molecular weight excluding hydrogens is 423 g/mol. The Hall–Kier alpha value is -3.20. The number of rotatable bonds is 7. The van der Waals surface area contributed by atoms with Crippen LogP contribution in [0, 0.1) is 11.7 Å². The lowest BCUT2D eigenvalue weighted by Crippen LogP contribution is -2.40. The molecule has 1 amide bonds. The molecule has 1 aromatic carbocycles. The van der Waals surface area contributed by atoms with Crippen LogP contribution in [-0.4, -0.2) is 34.8 Å². The molecule has 3 heterocycles. The Kier molecular flexibility index (Phi) is 6.61. The highest BCUT2D eigenvalue weighted by Gasteiger charge is 2.29. The maximum absolute atomic E-state index is 12.9. The van der Waals surface area contributed by atoms with E-state index >= 15 is 0 Å². The monoisotopic (exact) mass is 444 g/mol. The highest BCUT2D eigenvalue weighted by molar-refractivity contribution is 7.09. The summed E-state index contributed by atoms with van der Waals surface area (Å²) in [7, 11) is 0. The van der Waals surface area contributed by atoms with E-state index in [2.05, 4.69) is 4.98 Å². The number of carbonyl (C=O) groups is 2. The minimum Gasteiger partial charge on any atom is -0.486 e. The smallest absolute Gasteiger partial charge is 0.309 e. The number of esters is 1. The lowest BCUT2D eigenvalue weighted by molar-refractivity contribution is -0.151. The first kappa shape index (κ1) is 21.0. The second-order valence-corrected chi connectivity index (χ2v) is 8.07. The number of furan rings is 1. The maximum atomic E-state index is 12.9. The van der Waals surface area contributed by atoms with Crippen molar-refractivity contribution >= 4 is 23.2 Å². The molecule has 0 aliphatic carbocycles. The third kappa shape index (κ3) is 5.49. The van der Waals surface area contributed by atoms with E-state index in [1.165, 1.54) is 29.7 Å². The van der Waals surface area contributed by atoms with Crippen LogP contribution in [-0.2, 0) is 22.7 Å². The number of halogens is 1. The number of nitrogens with zero attached hydrogens (tertiary/aromatic N) is 2. The molecule has 162 valence electrons. The van der Waals surface area contributed by atoms with Crippen LogP contribution < -0.4 is 4.74 Å². The Morgan fingerprint density at radius 2 is 1.94 bits per heavy atom. The molecule has 1 aliphatic heterocycles. The summed E-state index contributed by atoms with van der Waals surface area (Å²) in [6.45, 7) is 1.32. The van der Waals surface area contributed by atoms with Crippen molar-refractivity contribution in [3.05, 3.63) is 70.3 Å². The first-order valence-electron chi connectivity index (χ1n) is 9.89. The van der Waals surface area contributed by atoms with Crippen molar-refractivity contribution in [2.24, 2.45) is 5.92 Å². The Morgan fingerprint density at radius 1 is 1.16 bits per heavy atom. The second-order valence-electron chi connectivity index (χ2n) is 7.13. The molecular formula is C22H21FN2O5S. The number of benzene rings is 1. The molecule has 3 aromatic rings. The van der Waals surface area contributed by atoms with Gasteiger partial charge in [0.05, 0.1) is 17.9 Å². The fraction of sp³-hybridized carbons (Fsp3) is 0.318. The second kappa shape index (κ2) is 9.74. The van der Waals surface area contributed by atoms with Gasteiger partial charge in [-0.15, -0.1) is 11.3 Å². The summed E-state index contributed by atoms with van der Waals surface area (Å²) in [5.41, 5.74) is 0.654. The van der Waals surface area contributed by atoms with Crippen LogP contribution >= 0.6 is 11.3 Å². The van der Waals surface area contributed by atoms with Crippen molar-refractivity contribution < 1.29 is 27.9 Å². The topological polar surface area (TPSA) is 81.9 Å². The number of piperidine rings is 1. The van der Waals surface area contributed by atoms with Crippen LogP contribution in [0.2, 0.25) is 0 Å². The van der Waals surface area contributed by atoms with E-state index in [1.807, 2.05) is 5.38 Å². The van der Waals surface area contributed by atoms with E-state index in [0.29, 0.717) is 43.1 Å². The van der Waals surface area contributed by atoms with E-state index in [4.69, 9.17) is 13.9 Å². The number of thiazole rings is 1. The molecule has 1 aliphatic rings. The third-order valence-electron chi connectivity index (χ3n) is 4.99. The summed E-state index contributed by atoms with van der Waals surface area (Å²) in [6, 6.07) is 9.09. The van der Waals surface area contributed by atoms with Gasteiger partial charge in [0, 0.05) is 18.5 Å². The van der Waals surface area contributed by atoms with Crippen molar-refractivity contribution in [1.29, 1.82) is 0 Å². The number of ether oxygens (including phenoxy) is 2. The number of amides is 1. The SMILES string of the molecule is O=C(OCc1csc(COc2ccc(F)cc2)n1)C1CCN(C(=O)c2ccco2)CC1. The third-order valence-corrected chi connectivity index (χ3v) is 5.86. The van der Waals surface area contributed by atoms with Crippen molar-refractivity contribution in [1.82, 2.24) is 9.88 Å². The van der Waals surface area contributed by atoms with Crippen LogP contribution in [0.4, 0.5) is 4.39 Å². The first-order valence-corrected chi connectivity index (χ1v) is 10.8. The number of likely N-dealkylation sites (tertiary alicyclic amines) is 1. The number of aromatic nitrogens is 1. The fourth-order valence-electron chi connectivity index (χ4n) is 3.29. The van der Waals surface area contributed by atoms with E-state index in [1.54, 1.807) is 29.2 Å². The van der Waals surface area contributed by atoms with Crippen molar-refractivity contribution in [2.45, 2.75) is 26.1 Å². The molecule has 0 saturated carbocycles. The Morgan fingerprint density at radius 3 is 2.65 bits per heavy atom. The molecule has 1 fully saturated rings. The summed E-state index contributed by atoms with van der Waals surface area (Å²) in [6.07, 6.45) is 2.58. The van der Waals surface area contributed by atoms with E-state index < -0.39 is 0 Å². The van der Waals surface area contributed by atoms with Crippen molar-refractivity contribution in [3.63, 3.8) is 0 Å². The maximum Gasteiger partial charge on any atom is 0.309 e. The largest absolute Gasteiger partial charge is 0.486 e. The van der Waals surface area contributed by atoms with Crippen LogP contribution in [0.15, 0.2) is 52.5 Å². The quantitative estimate of drug-likeness (QED) is 0.512. The molecule has 31 heavy (non-hydrogen) atoms. The van der Waals surface area contributed by atoms with Gasteiger partial charge in [-0.3, -0.25) is 9.59 Å². The molecule has 7 nitrogen and oxygen atoms in total. The van der Waals surface area contributed by atoms with E-state index in [0.717, 1.165) is 5.01 Å². The summed E-state index contributed by atoms with van der Waals surface area (Å²) < 4.78 is 29.1. The van der Waals surface area contributed by atoms with E-state index in [-0.39, 0.29) is 36.8 Å². The Bertz CT molecular complexity index is 1010. The average molecular weight is 444 g/mol. The average Bonchev–Trinajstić information content (AvgIpc) is 3.49. The summed E-state index contributed by atoms with van der Waals surface area (Å²) in [5, 5.41) is 2.56. The Labute approximate surface area is 182 Å². The molecule has 0 atom stereocenters. The number of carbonyl (C=O) groups excluding carboxylic acids is 2. The molecule has 9 heteroatoms. The van der Waals surface area contributed by atoms with Crippen LogP contribution in [0.3, 0.4) is 0 Å². The predicted octanol–water partition coefficient (Wildman–Crippen LogP) is 4.05. The van der Waals surface area contributed by atoms with Crippen LogP contribution in [0.1, 0.15) is 34.1 Å². The summed E-state index contributed by atoms with van der Waals surface area (Å²) >= 11 is 1.41. The van der Waals surface area contributed by atoms with Crippen LogP contribution in [0.25, 0.3) is 0 Å². The van der Waals surface area contributed by atoms with E-state index in [9.17, 15) is 14.0 Å². The Balaban J connectivity index is 1.20. The molecule has 0 N–H and O–H groups in total. The number of hydrogen-bond acceptors (Lipinski definition) is 7. The molecule has 0 unspecified atom stereocenters. The summed E-state index contributed by atoms with van der Waals surface area (Å²) in [4.78, 5) is 30.8. The van der Waals surface area contributed by atoms with Crippen molar-refractivity contribution in [3.8, 4) is 5.75 Å². The van der Waals surface area contributed by atoms with Gasteiger partial charge < -0.3 is 18.8 Å². The van der Waals surface area contributed by atoms with Gasteiger partial charge in [0.2, 0.25) is 0 Å². The first-order chi connectivity index (χ1) is 15.1. The lowest BCUT2D eigenvalue weighted by Gasteiger charge is -2.30. The zero-order valence-electron chi connectivity index (χ0n) is 16.7. The molecule has 1 saturated heterocycles. The zero-order chi connectivity index (χ0) is 21.6. The van der Waals surface area contributed by atoms with Gasteiger partial charge in [-0.2, -0.15) is 0 Å². The van der Waals surface area contributed by atoms with Gasteiger partial charge >= 0.3 is 5.97 Å². The van der Waals surface area contributed by atoms with Gasteiger partial charge in [-0.05, 0) is 49.2 Å². The van der Waals surface area contributed by atoms with Gasteiger partial charge in [0.1, 0.15) is 29.8 Å². The lowest BCUT2D eigenvalue weighted by atomic mass is 9.97. The standard InChI is InChI=1S/C22H21FN2O5S/c23-16-3-5-18(6-4-16)29-13-20-24-17(14-31-20)12-30-22(27)15-7-9-25(10-8-15)21(26)19-2-1-11-28-19/h1-6,11,14-15H,7-10,12-13H2. The van der Waals surface area contributed by atoms with Gasteiger partial charge in [0.25, 0.3) is 5.91 Å². The number of hydrogen-bond donors (Lipinski definition) is 0. The molecule has 4 rings (SSSR count). The fourth-order valence-corrected chi connectivity index (χ4v) is 3.98. The predicted molar refractivity (Wildman–Crippen MR) is 110 cm³/mol. The minimum absolute atomic E-state index is 0.0947. The highest BCUT2D eigenvalue weighted by atomic mass is 32.1. The molecule has 0 bridgehead atoms. The highest BCUT2D eigenvalue weighted by Crippen LogP contribution is 2.22. The molecule has 0 radical (unpaired) electrons. The van der Waals surface area contributed by atoms with Crippen molar-refractivity contribution in [2.75, 3.05) is 13.1 Å².